The van der Waals surface area contributed by atoms with Crippen molar-refractivity contribution in [3.8, 4) is 0 Å². The zero-order chi connectivity index (χ0) is 21.7. The first-order chi connectivity index (χ1) is 14.3. The van der Waals surface area contributed by atoms with Crippen LogP contribution in [0, 0.1) is 12.8 Å². The topological polar surface area (TPSA) is 66.5 Å². The van der Waals surface area contributed by atoms with E-state index in [2.05, 4.69) is 41.4 Å². The van der Waals surface area contributed by atoms with Gasteiger partial charge in [-0.05, 0) is 62.5 Å². The monoisotopic (exact) mass is 428 g/mol. The lowest BCUT2D eigenvalue weighted by Gasteiger charge is -2.32. The molecule has 1 atom stereocenters. The van der Waals surface area contributed by atoms with Crippen LogP contribution in [0.3, 0.4) is 0 Å². The number of amides is 1. The molecule has 0 radical (unpaired) electrons. The Morgan fingerprint density at radius 3 is 2.37 bits per heavy atom. The van der Waals surface area contributed by atoms with Gasteiger partial charge >= 0.3 is 0 Å². The zero-order valence-corrected chi connectivity index (χ0v) is 18.9. The van der Waals surface area contributed by atoms with Gasteiger partial charge in [-0.2, -0.15) is 0 Å². The molecule has 30 heavy (non-hydrogen) atoms. The predicted octanol–water partition coefficient (Wildman–Crippen LogP) is 3.88. The molecule has 5 nitrogen and oxygen atoms in total. The van der Waals surface area contributed by atoms with E-state index < -0.39 is 9.84 Å². The number of carbonyl (C=O) groups is 1. The third-order valence-electron chi connectivity index (χ3n) is 5.88. The third kappa shape index (κ3) is 5.92. The highest BCUT2D eigenvalue weighted by molar-refractivity contribution is 7.90. The summed E-state index contributed by atoms with van der Waals surface area (Å²) in [6.07, 6.45) is 3.69. The van der Waals surface area contributed by atoms with E-state index in [1.165, 1.54) is 17.4 Å². The maximum Gasteiger partial charge on any atom is 0.223 e. The van der Waals surface area contributed by atoms with E-state index in [4.69, 9.17) is 0 Å². The van der Waals surface area contributed by atoms with E-state index in [0.29, 0.717) is 4.90 Å². The average Bonchev–Trinajstić information content (AvgIpc) is 2.72. The number of likely N-dealkylation sites (tertiary alicyclic amines) is 1. The van der Waals surface area contributed by atoms with E-state index in [1.54, 1.807) is 24.3 Å². The van der Waals surface area contributed by atoms with Crippen molar-refractivity contribution in [2.24, 2.45) is 5.92 Å². The van der Waals surface area contributed by atoms with Crippen molar-refractivity contribution in [2.45, 2.75) is 50.6 Å². The summed E-state index contributed by atoms with van der Waals surface area (Å²) in [6.45, 7) is 6.91. The first kappa shape index (κ1) is 22.5. The molecule has 1 amide bonds. The summed E-state index contributed by atoms with van der Waals surface area (Å²) in [4.78, 5) is 15.6. The molecule has 3 rings (SSSR count). The van der Waals surface area contributed by atoms with Gasteiger partial charge in [-0.1, -0.05) is 48.9 Å². The van der Waals surface area contributed by atoms with Crippen LogP contribution >= 0.6 is 0 Å². The highest BCUT2D eigenvalue weighted by Crippen LogP contribution is 2.23. The predicted molar refractivity (Wildman–Crippen MR) is 120 cm³/mol. The van der Waals surface area contributed by atoms with Crippen LogP contribution in [0.4, 0.5) is 0 Å². The normalized spacial score (nSPS) is 16.9. The maximum atomic E-state index is 12.9. The van der Waals surface area contributed by atoms with E-state index in [0.717, 1.165) is 44.5 Å². The van der Waals surface area contributed by atoms with Gasteiger partial charge in [-0.3, -0.25) is 9.69 Å². The molecule has 1 fully saturated rings. The lowest BCUT2D eigenvalue weighted by atomic mass is 9.94. The molecule has 0 aliphatic carbocycles. The Labute approximate surface area is 180 Å². The number of aryl methyl sites for hydroxylation is 1. The molecule has 2 aromatic rings. The number of sulfone groups is 1. The van der Waals surface area contributed by atoms with Crippen molar-refractivity contribution in [1.29, 1.82) is 0 Å². The van der Waals surface area contributed by atoms with Gasteiger partial charge < -0.3 is 5.32 Å². The summed E-state index contributed by atoms with van der Waals surface area (Å²) in [7, 11) is -3.21. The Morgan fingerprint density at radius 1 is 1.13 bits per heavy atom. The van der Waals surface area contributed by atoms with Gasteiger partial charge in [0.1, 0.15) is 0 Å². The molecule has 1 N–H and O–H groups in total. The van der Waals surface area contributed by atoms with Gasteiger partial charge in [0.25, 0.3) is 0 Å². The minimum atomic E-state index is -3.21. The Balaban J connectivity index is 1.54. The molecule has 2 aromatic carbocycles. The summed E-state index contributed by atoms with van der Waals surface area (Å²) in [5, 5.41) is 3.18. The first-order valence-electron chi connectivity index (χ1n) is 10.6. The molecule has 1 aliphatic heterocycles. The van der Waals surface area contributed by atoms with Crippen LogP contribution < -0.4 is 5.32 Å². The SMILES string of the molecule is CCC(NC(=O)C1CCN(Cc2cccc(C)c2)CC1)c1ccc(S(C)(=O)=O)cc1. The van der Waals surface area contributed by atoms with Crippen LogP contribution in [0.2, 0.25) is 0 Å². The fourth-order valence-electron chi connectivity index (χ4n) is 4.08. The molecule has 1 saturated heterocycles. The minimum Gasteiger partial charge on any atom is -0.349 e. The second-order valence-electron chi connectivity index (χ2n) is 8.35. The standard InChI is InChI=1S/C24H32N2O3S/c1-4-23(20-8-10-22(11-9-20)30(3,28)29)25-24(27)21-12-14-26(15-13-21)17-19-7-5-6-18(2)16-19/h5-11,16,21,23H,4,12-15,17H2,1-3H3,(H,25,27). The molecule has 1 heterocycles. The fraction of sp³-hybridized carbons (Fsp3) is 0.458. The van der Waals surface area contributed by atoms with Crippen LogP contribution in [0.25, 0.3) is 0 Å². The Hall–Kier alpha value is -2.18. The number of nitrogens with one attached hydrogen (secondary N) is 1. The quantitative estimate of drug-likeness (QED) is 0.727. The van der Waals surface area contributed by atoms with Gasteiger partial charge in [-0.15, -0.1) is 0 Å². The molecule has 0 aromatic heterocycles. The lowest BCUT2D eigenvalue weighted by Crippen LogP contribution is -2.41. The van der Waals surface area contributed by atoms with Crippen molar-refractivity contribution in [1.82, 2.24) is 10.2 Å². The van der Waals surface area contributed by atoms with Crippen LogP contribution in [-0.2, 0) is 21.2 Å². The van der Waals surface area contributed by atoms with E-state index in [1.807, 2.05) is 6.92 Å². The number of piperidine rings is 1. The summed E-state index contributed by atoms with van der Waals surface area (Å²) < 4.78 is 23.3. The van der Waals surface area contributed by atoms with Gasteiger partial charge in [0.05, 0.1) is 10.9 Å². The van der Waals surface area contributed by atoms with Crippen LogP contribution in [0.5, 0.6) is 0 Å². The highest BCUT2D eigenvalue weighted by Gasteiger charge is 2.26. The lowest BCUT2D eigenvalue weighted by molar-refractivity contribution is -0.127. The molecule has 0 bridgehead atoms. The van der Waals surface area contributed by atoms with Crippen molar-refractivity contribution in [3.05, 3.63) is 65.2 Å². The number of benzene rings is 2. The Kier molecular flexibility index (Phi) is 7.32. The third-order valence-corrected chi connectivity index (χ3v) is 7.01. The van der Waals surface area contributed by atoms with E-state index in [-0.39, 0.29) is 17.9 Å². The van der Waals surface area contributed by atoms with Gasteiger partial charge in [0, 0.05) is 18.7 Å². The summed E-state index contributed by atoms with van der Waals surface area (Å²) in [5.74, 6) is 0.132. The molecular formula is C24H32N2O3S. The minimum absolute atomic E-state index is 0.0307. The number of nitrogens with zero attached hydrogens (tertiary/aromatic N) is 1. The zero-order valence-electron chi connectivity index (χ0n) is 18.1. The molecule has 1 unspecified atom stereocenters. The smallest absolute Gasteiger partial charge is 0.223 e. The summed E-state index contributed by atoms with van der Waals surface area (Å²) in [6, 6.07) is 15.3. The van der Waals surface area contributed by atoms with Gasteiger partial charge in [-0.25, -0.2) is 8.42 Å². The number of hydrogen-bond acceptors (Lipinski definition) is 4. The van der Waals surface area contributed by atoms with Crippen molar-refractivity contribution >= 4 is 15.7 Å². The van der Waals surface area contributed by atoms with Crippen LogP contribution in [-0.4, -0.2) is 38.6 Å². The first-order valence-corrected chi connectivity index (χ1v) is 12.5. The number of rotatable bonds is 7. The number of carbonyl (C=O) groups excluding carboxylic acids is 1. The molecule has 162 valence electrons. The second-order valence-corrected chi connectivity index (χ2v) is 10.4. The summed E-state index contributed by atoms with van der Waals surface area (Å²) >= 11 is 0. The highest BCUT2D eigenvalue weighted by atomic mass is 32.2. The van der Waals surface area contributed by atoms with Gasteiger partial charge in [0.15, 0.2) is 9.84 Å². The van der Waals surface area contributed by atoms with Crippen molar-refractivity contribution < 1.29 is 13.2 Å². The van der Waals surface area contributed by atoms with Gasteiger partial charge in [0.2, 0.25) is 5.91 Å². The fourth-order valence-corrected chi connectivity index (χ4v) is 4.71. The molecule has 0 saturated carbocycles. The molecule has 1 aliphatic rings. The van der Waals surface area contributed by atoms with Crippen molar-refractivity contribution in [2.75, 3.05) is 19.3 Å². The molecule has 6 heteroatoms. The van der Waals surface area contributed by atoms with Crippen LogP contribution in [0.15, 0.2) is 53.4 Å². The number of hydrogen-bond donors (Lipinski definition) is 1. The van der Waals surface area contributed by atoms with Crippen LogP contribution in [0.1, 0.15) is 48.9 Å². The second kappa shape index (κ2) is 9.75. The van der Waals surface area contributed by atoms with E-state index >= 15 is 0 Å². The van der Waals surface area contributed by atoms with Crippen molar-refractivity contribution in [3.63, 3.8) is 0 Å². The largest absolute Gasteiger partial charge is 0.349 e. The molecule has 0 spiro atoms. The maximum absolute atomic E-state index is 12.9. The van der Waals surface area contributed by atoms with E-state index in [9.17, 15) is 13.2 Å². The Bertz CT molecular complexity index is 962. The molecular weight excluding hydrogens is 396 g/mol. The average molecular weight is 429 g/mol. The summed E-state index contributed by atoms with van der Waals surface area (Å²) in [5.41, 5.74) is 3.54. The Morgan fingerprint density at radius 2 is 1.80 bits per heavy atom.